The van der Waals surface area contributed by atoms with E-state index in [1.807, 2.05) is 18.2 Å². The highest BCUT2D eigenvalue weighted by Crippen LogP contribution is 2.40. The van der Waals surface area contributed by atoms with E-state index in [1.54, 1.807) is 21.0 Å². The van der Waals surface area contributed by atoms with E-state index >= 15 is 0 Å². The van der Waals surface area contributed by atoms with Crippen LogP contribution >= 0.6 is 0 Å². The molecule has 0 unspecified atom stereocenters. The van der Waals surface area contributed by atoms with E-state index in [2.05, 4.69) is 31.8 Å². The number of fused-ring (bicyclic) bond motifs is 1. The Morgan fingerprint density at radius 2 is 1.84 bits per heavy atom. The number of imide groups is 1. The van der Waals surface area contributed by atoms with Crippen molar-refractivity contribution in [3.8, 4) is 5.75 Å². The Morgan fingerprint density at radius 1 is 1.16 bits per heavy atom. The first-order valence-electron chi connectivity index (χ1n) is 11.4. The van der Waals surface area contributed by atoms with Crippen molar-refractivity contribution in [1.29, 1.82) is 0 Å². The lowest BCUT2D eigenvalue weighted by Crippen LogP contribution is -2.40. The van der Waals surface area contributed by atoms with Gasteiger partial charge in [0, 0.05) is 30.2 Å². The summed E-state index contributed by atoms with van der Waals surface area (Å²) < 4.78 is 5.32. The van der Waals surface area contributed by atoms with Crippen LogP contribution in [0.4, 0.5) is 0 Å². The second-order valence-electron chi connectivity index (χ2n) is 9.66. The van der Waals surface area contributed by atoms with Gasteiger partial charge in [0.05, 0.1) is 18.1 Å². The Balaban J connectivity index is 1.54. The average molecular weight is 436 g/mol. The molecule has 1 aliphatic heterocycles. The van der Waals surface area contributed by atoms with E-state index in [-0.39, 0.29) is 17.7 Å². The van der Waals surface area contributed by atoms with Crippen LogP contribution in [0.2, 0.25) is 0 Å². The van der Waals surface area contributed by atoms with Gasteiger partial charge in [-0.05, 0) is 63.0 Å². The number of amides is 2. The minimum Gasteiger partial charge on any atom is -0.497 e. The summed E-state index contributed by atoms with van der Waals surface area (Å²) in [6, 6.07) is 5.88. The molecule has 0 spiro atoms. The first kappa shape index (κ1) is 22.3. The first-order valence-corrected chi connectivity index (χ1v) is 11.4. The summed E-state index contributed by atoms with van der Waals surface area (Å²) in [4.78, 5) is 34.9. The largest absolute Gasteiger partial charge is 0.497 e. The van der Waals surface area contributed by atoms with Gasteiger partial charge in [0.2, 0.25) is 0 Å². The Morgan fingerprint density at radius 3 is 2.47 bits per heavy atom. The molecule has 1 aliphatic carbocycles. The van der Waals surface area contributed by atoms with Gasteiger partial charge in [0.25, 0.3) is 11.8 Å². The third-order valence-corrected chi connectivity index (χ3v) is 7.35. The molecule has 1 aromatic carbocycles. The molecule has 2 aliphatic rings. The average Bonchev–Trinajstić information content (AvgIpc) is 3.24. The van der Waals surface area contributed by atoms with Crippen LogP contribution in [0.5, 0.6) is 5.75 Å². The van der Waals surface area contributed by atoms with Crippen molar-refractivity contribution in [1.82, 2.24) is 14.9 Å². The van der Waals surface area contributed by atoms with Crippen LogP contribution < -0.4 is 4.74 Å². The van der Waals surface area contributed by atoms with Crippen LogP contribution in [0.1, 0.15) is 46.9 Å². The van der Waals surface area contributed by atoms with Crippen LogP contribution in [0, 0.1) is 23.7 Å². The third kappa shape index (κ3) is 3.98. The lowest BCUT2D eigenvalue weighted by Gasteiger charge is -2.38. The number of aromatic nitrogens is 2. The quantitative estimate of drug-likeness (QED) is 0.528. The molecule has 170 valence electrons. The minimum atomic E-state index is -0.138. The fraction of sp³-hybridized carbons (Fsp3) is 0.500. The zero-order chi connectivity index (χ0) is 23.2. The smallest absolute Gasteiger partial charge is 0.256 e. The number of nitrogens with one attached hydrogen (secondary N) is 1. The van der Waals surface area contributed by atoms with E-state index in [0.29, 0.717) is 35.4 Å². The van der Waals surface area contributed by atoms with Gasteiger partial charge >= 0.3 is 0 Å². The summed E-state index contributed by atoms with van der Waals surface area (Å²) in [6.07, 6.45) is 4.16. The van der Waals surface area contributed by atoms with E-state index in [0.717, 1.165) is 35.4 Å². The number of benzene rings is 1. The predicted molar refractivity (Wildman–Crippen MR) is 125 cm³/mol. The number of carbonyl (C=O) groups excluding carboxylic acids is 2. The van der Waals surface area contributed by atoms with E-state index in [1.165, 1.54) is 10.5 Å². The molecular formula is C26H33N3O3. The Kier molecular flexibility index (Phi) is 5.97. The van der Waals surface area contributed by atoms with E-state index < -0.39 is 0 Å². The maximum Gasteiger partial charge on any atom is 0.256 e. The number of H-pyrrole nitrogens is 1. The second-order valence-corrected chi connectivity index (χ2v) is 9.66. The zero-order valence-electron chi connectivity index (χ0n) is 19.9. The fourth-order valence-electron chi connectivity index (χ4n) is 5.18. The summed E-state index contributed by atoms with van der Waals surface area (Å²) in [7, 11) is 1.67. The summed E-state index contributed by atoms with van der Waals surface area (Å²) in [6.45, 7) is 10.6. The van der Waals surface area contributed by atoms with Gasteiger partial charge in [-0.1, -0.05) is 25.5 Å². The SMILES string of the molecule is COc1ccc2nc(C[C@@H]3C[C@@H](C(C)C)[C@H](CN4C(=O)C(C)=C(C)C4=O)C=C3C)[nH]c2c1. The number of carbonyl (C=O) groups is 2. The Labute approximate surface area is 189 Å². The van der Waals surface area contributed by atoms with Crippen LogP contribution in [-0.4, -0.2) is 40.3 Å². The van der Waals surface area contributed by atoms with Gasteiger partial charge in [0.15, 0.2) is 0 Å². The van der Waals surface area contributed by atoms with Gasteiger partial charge in [-0.3, -0.25) is 14.5 Å². The van der Waals surface area contributed by atoms with Crippen molar-refractivity contribution in [3.63, 3.8) is 0 Å². The van der Waals surface area contributed by atoms with Crippen LogP contribution in [0.25, 0.3) is 11.0 Å². The first-order chi connectivity index (χ1) is 15.2. The summed E-state index contributed by atoms with van der Waals surface area (Å²) in [5, 5.41) is 0. The van der Waals surface area contributed by atoms with Gasteiger partial charge in [0.1, 0.15) is 11.6 Å². The molecule has 6 heteroatoms. The van der Waals surface area contributed by atoms with Crippen molar-refractivity contribution < 1.29 is 14.3 Å². The topological polar surface area (TPSA) is 75.3 Å². The molecule has 0 radical (unpaired) electrons. The molecule has 0 saturated carbocycles. The summed E-state index contributed by atoms with van der Waals surface area (Å²) >= 11 is 0. The third-order valence-electron chi connectivity index (χ3n) is 7.35. The van der Waals surface area contributed by atoms with Crippen molar-refractivity contribution in [2.24, 2.45) is 23.7 Å². The van der Waals surface area contributed by atoms with Gasteiger partial charge in [-0.25, -0.2) is 4.98 Å². The van der Waals surface area contributed by atoms with Crippen molar-refractivity contribution in [2.75, 3.05) is 13.7 Å². The normalized spacial score (nSPS) is 24.2. The van der Waals surface area contributed by atoms with Crippen molar-refractivity contribution >= 4 is 22.8 Å². The number of aromatic amines is 1. The number of hydrogen-bond acceptors (Lipinski definition) is 4. The maximum absolute atomic E-state index is 12.6. The maximum atomic E-state index is 12.6. The highest BCUT2D eigenvalue weighted by molar-refractivity contribution is 6.18. The summed E-state index contributed by atoms with van der Waals surface area (Å²) in [5.74, 6) is 2.93. The van der Waals surface area contributed by atoms with Crippen molar-refractivity contribution in [2.45, 2.75) is 47.5 Å². The number of hydrogen-bond donors (Lipinski definition) is 1. The number of imidazole rings is 1. The monoisotopic (exact) mass is 435 g/mol. The lowest BCUT2D eigenvalue weighted by molar-refractivity contribution is -0.138. The molecular weight excluding hydrogens is 402 g/mol. The Bertz CT molecular complexity index is 1100. The van der Waals surface area contributed by atoms with Crippen LogP contribution in [0.15, 0.2) is 41.0 Å². The molecule has 0 saturated heterocycles. The number of ether oxygens (including phenoxy) is 1. The van der Waals surface area contributed by atoms with Crippen LogP contribution in [0.3, 0.4) is 0 Å². The number of methoxy groups -OCH3 is 1. The molecule has 6 nitrogen and oxygen atoms in total. The minimum absolute atomic E-state index is 0.138. The predicted octanol–water partition coefficient (Wildman–Crippen LogP) is 4.67. The Hall–Kier alpha value is -2.89. The number of nitrogens with zero attached hydrogens (tertiary/aromatic N) is 2. The number of allylic oxidation sites excluding steroid dienone is 1. The zero-order valence-corrected chi connectivity index (χ0v) is 19.9. The van der Waals surface area contributed by atoms with Gasteiger partial charge in [-0.2, -0.15) is 0 Å². The van der Waals surface area contributed by atoms with Gasteiger partial charge in [-0.15, -0.1) is 0 Å². The van der Waals surface area contributed by atoms with Crippen molar-refractivity contribution in [3.05, 3.63) is 46.8 Å². The fourth-order valence-corrected chi connectivity index (χ4v) is 5.18. The molecule has 0 bridgehead atoms. The summed E-state index contributed by atoms with van der Waals surface area (Å²) in [5.41, 5.74) is 4.39. The lowest BCUT2D eigenvalue weighted by atomic mass is 9.69. The van der Waals surface area contributed by atoms with E-state index in [4.69, 9.17) is 9.72 Å². The second kappa shape index (κ2) is 8.57. The molecule has 1 N–H and O–H groups in total. The highest BCUT2D eigenvalue weighted by atomic mass is 16.5. The molecule has 4 rings (SSSR count). The van der Waals surface area contributed by atoms with E-state index in [9.17, 15) is 9.59 Å². The molecule has 3 atom stereocenters. The standard InChI is InChI=1S/C26H33N3O3/c1-14(2)21-10-18(11-24-27-22-8-7-20(32-6)12-23(22)28-24)15(3)9-19(21)13-29-25(30)16(4)17(5)26(29)31/h7-9,12,14,18-19,21H,10-11,13H2,1-6H3,(H,27,28)/t18-,19-,21-/m0/s1. The molecule has 2 aromatic rings. The molecule has 2 heterocycles. The molecule has 1 aromatic heterocycles. The molecule has 2 amide bonds. The van der Waals surface area contributed by atoms with Crippen LogP contribution in [-0.2, 0) is 16.0 Å². The number of rotatable bonds is 6. The molecule has 0 fully saturated rings. The van der Waals surface area contributed by atoms with Gasteiger partial charge < -0.3 is 9.72 Å². The highest BCUT2D eigenvalue weighted by Gasteiger charge is 2.39. The molecule has 32 heavy (non-hydrogen) atoms.